The molecule has 1 fully saturated rings. The molecule has 2 rings (SSSR count). The maximum Gasteiger partial charge on any atom is 0.250 e. The van der Waals surface area contributed by atoms with Gasteiger partial charge in [0, 0.05) is 26.1 Å². The molecule has 0 bridgehead atoms. The molecule has 1 aromatic carbocycles. The second kappa shape index (κ2) is 6.97. The molecule has 0 unspecified atom stereocenters. The van der Waals surface area contributed by atoms with Crippen LogP contribution in [-0.4, -0.2) is 36.3 Å². The number of hydrogen-bond donors (Lipinski definition) is 3. The minimum atomic E-state index is -0.555. The molecule has 0 aromatic heterocycles. The molecule has 2 amide bonds. The number of likely N-dealkylation sites (tertiary alicyclic amines) is 1. The van der Waals surface area contributed by atoms with Gasteiger partial charge in [0.15, 0.2) is 0 Å². The first-order valence-electron chi connectivity index (χ1n) is 7.29. The molecule has 1 aliphatic heterocycles. The first-order valence-corrected chi connectivity index (χ1v) is 7.29. The lowest BCUT2D eigenvalue weighted by atomic mass is 10.1. The zero-order valence-electron chi connectivity index (χ0n) is 12.1. The van der Waals surface area contributed by atoms with Crippen molar-refractivity contribution in [3.63, 3.8) is 0 Å². The van der Waals surface area contributed by atoms with Gasteiger partial charge >= 0.3 is 0 Å². The van der Waals surface area contributed by atoms with Gasteiger partial charge in [-0.2, -0.15) is 0 Å². The van der Waals surface area contributed by atoms with E-state index in [1.54, 1.807) is 18.2 Å². The second-order valence-corrected chi connectivity index (χ2v) is 5.25. The van der Waals surface area contributed by atoms with Crippen molar-refractivity contribution in [1.29, 1.82) is 0 Å². The van der Waals surface area contributed by atoms with Gasteiger partial charge in [-0.3, -0.25) is 9.59 Å². The summed E-state index contributed by atoms with van der Waals surface area (Å²) in [5.74, 6) is -0.396. The third-order valence-corrected chi connectivity index (χ3v) is 3.73. The number of primary amides is 1. The Morgan fingerprint density at radius 2 is 1.90 bits per heavy atom. The lowest BCUT2D eigenvalue weighted by Crippen LogP contribution is -2.36. The lowest BCUT2D eigenvalue weighted by Gasteiger charge is -2.26. The summed E-state index contributed by atoms with van der Waals surface area (Å²) in [6, 6.07) is 5.07. The molecule has 114 valence electrons. The number of carbonyl (C=O) groups excluding carboxylic acids is 2. The number of nitrogens with two attached hydrogens (primary N) is 2. The minimum absolute atomic E-state index is 0.159. The standard InChI is InChI=1S/C15H22N4O2/c16-14-11(15(17)21)5-4-6-12(14)18-8-7-13(20)19-9-2-1-3-10-19/h4-6,18H,1-3,7-10,16H2,(H2,17,21). The van der Waals surface area contributed by atoms with Crippen molar-refractivity contribution in [1.82, 2.24) is 4.90 Å². The van der Waals surface area contributed by atoms with Crippen LogP contribution in [0.1, 0.15) is 36.0 Å². The number of carbonyl (C=O) groups is 2. The molecule has 5 N–H and O–H groups in total. The van der Waals surface area contributed by atoms with Crippen LogP contribution in [0.3, 0.4) is 0 Å². The first-order chi connectivity index (χ1) is 10.1. The normalized spacial score (nSPS) is 14.8. The van der Waals surface area contributed by atoms with Gasteiger partial charge in [-0.1, -0.05) is 6.07 Å². The zero-order chi connectivity index (χ0) is 15.2. The number of hydrogen-bond acceptors (Lipinski definition) is 4. The lowest BCUT2D eigenvalue weighted by molar-refractivity contribution is -0.131. The van der Waals surface area contributed by atoms with Gasteiger partial charge in [0.25, 0.3) is 5.91 Å². The number of amides is 2. The molecule has 21 heavy (non-hydrogen) atoms. The molecule has 1 saturated heterocycles. The molecule has 0 atom stereocenters. The van der Waals surface area contributed by atoms with E-state index in [1.807, 2.05) is 4.90 Å². The van der Waals surface area contributed by atoms with Crippen LogP contribution in [0.25, 0.3) is 0 Å². The first kappa shape index (κ1) is 15.2. The fourth-order valence-electron chi connectivity index (χ4n) is 2.54. The molecular weight excluding hydrogens is 268 g/mol. The fraction of sp³-hybridized carbons (Fsp3) is 0.467. The van der Waals surface area contributed by atoms with E-state index in [-0.39, 0.29) is 5.91 Å². The Morgan fingerprint density at radius 1 is 1.19 bits per heavy atom. The van der Waals surface area contributed by atoms with Gasteiger partial charge < -0.3 is 21.7 Å². The summed E-state index contributed by atoms with van der Waals surface area (Å²) in [7, 11) is 0. The van der Waals surface area contributed by atoms with Crippen LogP contribution in [0.4, 0.5) is 11.4 Å². The van der Waals surface area contributed by atoms with Crippen LogP contribution in [0, 0.1) is 0 Å². The summed E-state index contributed by atoms with van der Waals surface area (Å²) in [5.41, 5.74) is 12.4. The Morgan fingerprint density at radius 3 is 2.57 bits per heavy atom. The zero-order valence-corrected chi connectivity index (χ0v) is 12.1. The molecule has 0 spiro atoms. The van der Waals surface area contributed by atoms with Crippen molar-refractivity contribution in [2.24, 2.45) is 5.73 Å². The van der Waals surface area contributed by atoms with Crippen molar-refractivity contribution in [2.75, 3.05) is 30.7 Å². The summed E-state index contributed by atoms with van der Waals surface area (Å²) in [6.45, 7) is 2.21. The van der Waals surface area contributed by atoms with E-state index in [0.717, 1.165) is 25.9 Å². The highest BCUT2D eigenvalue weighted by Gasteiger charge is 2.16. The van der Waals surface area contributed by atoms with Crippen molar-refractivity contribution in [3.8, 4) is 0 Å². The predicted octanol–water partition coefficient (Wildman–Crippen LogP) is 1.18. The average Bonchev–Trinajstić information content (AvgIpc) is 2.49. The van der Waals surface area contributed by atoms with E-state index >= 15 is 0 Å². The number of piperidine rings is 1. The maximum atomic E-state index is 12.0. The predicted molar refractivity (Wildman–Crippen MR) is 82.9 cm³/mol. The molecule has 0 radical (unpaired) electrons. The number of rotatable bonds is 5. The number of nitrogen functional groups attached to an aromatic ring is 1. The van der Waals surface area contributed by atoms with Crippen LogP contribution in [-0.2, 0) is 4.79 Å². The number of nitrogens with zero attached hydrogens (tertiary/aromatic N) is 1. The van der Waals surface area contributed by atoms with E-state index in [0.29, 0.717) is 29.9 Å². The summed E-state index contributed by atoms with van der Waals surface area (Å²) >= 11 is 0. The molecular formula is C15H22N4O2. The van der Waals surface area contributed by atoms with Gasteiger partial charge in [0.2, 0.25) is 5.91 Å². The van der Waals surface area contributed by atoms with Crippen molar-refractivity contribution in [2.45, 2.75) is 25.7 Å². The van der Waals surface area contributed by atoms with E-state index in [4.69, 9.17) is 11.5 Å². The molecule has 1 heterocycles. The molecule has 0 saturated carbocycles. The molecule has 6 nitrogen and oxygen atoms in total. The van der Waals surface area contributed by atoms with E-state index in [9.17, 15) is 9.59 Å². The Bertz CT molecular complexity index is 524. The molecule has 0 aliphatic carbocycles. The average molecular weight is 290 g/mol. The molecule has 1 aromatic rings. The topological polar surface area (TPSA) is 101 Å². The smallest absolute Gasteiger partial charge is 0.250 e. The Labute approximate surface area is 124 Å². The Balaban J connectivity index is 1.87. The fourth-order valence-corrected chi connectivity index (χ4v) is 2.54. The minimum Gasteiger partial charge on any atom is -0.396 e. The summed E-state index contributed by atoms with van der Waals surface area (Å²) in [6.07, 6.45) is 3.80. The van der Waals surface area contributed by atoms with Crippen LogP contribution in [0.5, 0.6) is 0 Å². The number of benzene rings is 1. The highest BCUT2D eigenvalue weighted by Crippen LogP contribution is 2.22. The Hall–Kier alpha value is -2.24. The number of anilines is 2. The number of para-hydroxylation sites is 1. The third-order valence-electron chi connectivity index (χ3n) is 3.73. The van der Waals surface area contributed by atoms with Gasteiger partial charge in [-0.25, -0.2) is 0 Å². The third kappa shape index (κ3) is 3.87. The van der Waals surface area contributed by atoms with Crippen LogP contribution in [0.15, 0.2) is 18.2 Å². The van der Waals surface area contributed by atoms with Crippen molar-refractivity contribution < 1.29 is 9.59 Å². The van der Waals surface area contributed by atoms with Crippen LogP contribution < -0.4 is 16.8 Å². The van der Waals surface area contributed by atoms with Gasteiger partial charge in [-0.05, 0) is 31.4 Å². The van der Waals surface area contributed by atoms with Gasteiger partial charge in [-0.15, -0.1) is 0 Å². The maximum absolute atomic E-state index is 12.0. The van der Waals surface area contributed by atoms with Crippen molar-refractivity contribution >= 4 is 23.2 Å². The number of nitrogens with one attached hydrogen (secondary N) is 1. The Kier molecular flexibility index (Phi) is 5.03. The van der Waals surface area contributed by atoms with E-state index < -0.39 is 5.91 Å². The van der Waals surface area contributed by atoms with Gasteiger partial charge in [0.1, 0.15) is 0 Å². The highest BCUT2D eigenvalue weighted by atomic mass is 16.2. The quantitative estimate of drug-likeness (QED) is 0.709. The largest absolute Gasteiger partial charge is 0.396 e. The highest BCUT2D eigenvalue weighted by molar-refractivity contribution is 6.00. The van der Waals surface area contributed by atoms with Crippen LogP contribution in [0.2, 0.25) is 0 Å². The molecule has 6 heteroatoms. The second-order valence-electron chi connectivity index (χ2n) is 5.25. The summed E-state index contributed by atoms with van der Waals surface area (Å²) in [4.78, 5) is 25.2. The van der Waals surface area contributed by atoms with Crippen LogP contribution >= 0.6 is 0 Å². The van der Waals surface area contributed by atoms with E-state index in [2.05, 4.69) is 5.32 Å². The monoisotopic (exact) mass is 290 g/mol. The van der Waals surface area contributed by atoms with Gasteiger partial charge in [0.05, 0.1) is 16.9 Å². The summed E-state index contributed by atoms with van der Waals surface area (Å²) in [5, 5.41) is 3.10. The van der Waals surface area contributed by atoms with E-state index in [1.165, 1.54) is 6.42 Å². The molecule has 1 aliphatic rings. The summed E-state index contributed by atoms with van der Waals surface area (Å²) < 4.78 is 0. The van der Waals surface area contributed by atoms with Crippen molar-refractivity contribution in [3.05, 3.63) is 23.8 Å². The SMILES string of the molecule is NC(=O)c1cccc(NCCC(=O)N2CCCCC2)c1N.